The van der Waals surface area contributed by atoms with Gasteiger partial charge in [-0.3, -0.25) is 10.4 Å². The van der Waals surface area contributed by atoms with E-state index in [1.807, 2.05) is 58.4 Å². The third kappa shape index (κ3) is 3.39. The van der Waals surface area contributed by atoms with Crippen molar-refractivity contribution >= 4 is 28.7 Å². The summed E-state index contributed by atoms with van der Waals surface area (Å²) in [7, 11) is 0. The van der Waals surface area contributed by atoms with E-state index in [0.717, 1.165) is 39.1 Å². The van der Waals surface area contributed by atoms with Gasteiger partial charge in [0.1, 0.15) is 24.4 Å². The van der Waals surface area contributed by atoms with Crippen molar-refractivity contribution in [1.82, 2.24) is 14.6 Å². The molecule has 6 rings (SSSR count). The summed E-state index contributed by atoms with van der Waals surface area (Å²) in [6.45, 7) is 2.33. The molecule has 1 fully saturated rings. The molecule has 8 nitrogen and oxygen atoms in total. The summed E-state index contributed by atoms with van der Waals surface area (Å²) in [5, 5.41) is 23.9. The highest BCUT2D eigenvalue weighted by Gasteiger charge is 2.42. The van der Waals surface area contributed by atoms with Crippen LogP contribution in [0.4, 0.5) is 11.5 Å². The van der Waals surface area contributed by atoms with Gasteiger partial charge >= 0.3 is 0 Å². The van der Waals surface area contributed by atoms with E-state index in [9.17, 15) is 10.2 Å². The number of aliphatic hydroxyl groups is 2. The van der Waals surface area contributed by atoms with Crippen LogP contribution in [0.15, 0.2) is 72.0 Å². The van der Waals surface area contributed by atoms with Gasteiger partial charge in [-0.2, -0.15) is 0 Å². The molecule has 0 radical (unpaired) electrons. The summed E-state index contributed by atoms with van der Waals surface area (Å²) < 4.78 is 7.74. The van der Waals surface area contributed by atoms with Gasteiger partial charge in [0.25, 0.3) is 0 Å². The Balaban J connectivity index is 1.36. The highest BCUT2D eigenvalue weighted by Crippen LogP contribution is 2.41. The number of aromatic nitrogens is 2. The van der Waals surface area contributed by atoms with Crippen LogP contribution in [0.5, 0.6) is 0 Å². The predicted octanol–water partition coefficient (Wildman–Crippen LogP) is 3.78. The fraction of sp³-hybridized carbons (Fsp3) is 0.240. The number of ether oxygens (including phenoxy) is 1. The summed E-state index contributed by atoms with van der Waals surface area (Å²) in [4.78, 5) is 7.93. The van der Waals surface area contributed by atoms with Gasteiger partial charge in [0.15, 0.2) is 6.23 Å². The number of aliphatic imine (C=N–C) groups is 1. The lowest BCUT2D eigenvalue weighted by atomic mass is 10.0. The van der Waals surface area contributed by atoms with Crippen molar-refractivity contribution < 1.29 is 14.9 Å². The Morgan fingerprint density at radius 3 is 2.73 bits per heavy atom. The number of benzene rings is 2. The van der Waals surface area contributed by atoms with Gasteiger partial charge in [0.05, 0.1) is 18.3 Å². The number of hydrazine groups is 1. The molecule has 0 amide bonds. The number of anilines is 1. The van der Waals surface area contributed by atoms with Gasteiger partial charge in [-0.1, -0.05) is 30.3 Å². The summed E-state index contributed by atoms with van der Waals surface area (Å²) in [5.74, 6) is 0.721. The van der Waals surface area contributed by atoms with Crippen LogP contribution >= 0.6 is 0 Å². The molecule has 4 N–H and O–H groups in total. The van der Waals surface area contributed by atoms with E-state index in [2.05, 4.69) is 28.6 Å². The lowest BCUT2D eigenvalue weighted by molar-refractivity contribution is -0.0308. The van der Waals surface area contributed by atoms with Crippen LogP contribution in [-0.2, 0) is 11.3 Å². The van der Waals surface area contributed by atoms with Gasteiger partial charge < -0.3 is 24.5 Å². The Morgan fingerprint density at radius 2 is 1.94 bits per heavy atom. The lowest BCUT2D eigenvalue weighted by Crippen LogP contribution is -2.31. The first kappa shape index (κ1) is 20.0. The van der Waals surface area contributed by atoms with E-state index in [-0.39, 0.29) is 0 Å². The van der Waals surface area contributed by atoms with Crippen molar-refractivity contribution in [3.8, 4) is 11.1 Å². The molecule has 0 bridgehead atoms. The molecule has 2 aromatic heterocycles. The first-order valence-electron chi connectivity index (χ1n) is 11.0. The smallest absolute Gasteiger partial charge is 0.164 e. The summed E-state index contributed by atoms with van der Waals surface area (Å²) in [5.41, 5.74) is 8.56. The maximum atomic E-state index is 10.6. The molecule has 2 aliphatic heterocycles. The van der Waals surface area contributed by atoms with Gasteiger partial charge in [-0.15, -0.1) is 0 Å². The fourth-order valence-electron chi connectivity index (χ4n) is 4.67. The van der Waals surface area contributed by atoms with Crippen LogP contribution in [-0.4, -0.2) is 49.4 Å². The standard InChI is InChI=1S/C25H25N5O3/c1-15-22(31)23(32)25(33-15)30-13-19(16-5-3-2-4-6-16)20-12-29(14-27-24(20)30)28-18-7-8-21-17(11-18)9-10-26-21/h2-11,13-15,22-23,25-26,28,31-32H,12H2,1H3/t15-,22-,23-,25-/m1/s1. The predicted molar refractivity (Wildman–Crippen MR) is 127 cm³/mol. The third-order valence-electron chi connectivity index (χ3n) is 6.42. The Kier molecular flexibility index (Phi) is 4.72. The molecule has 0 aliphatic carbocycles. The molecule has 168 valence electrons. The Morgan fingerprint density at radius 1 is 1.09 bits per heavy atom. The number of aromatic amines is 1. The second kappa shape index (κ2) is 7.77. The minimum atomic E-state index is -1.03. The SMILES string of the molecule is C[C@H]1O[C@@H](n2cc(-c3ccccc3)c3c2N=CN(Nc2ccc4[nH]ccc4c2)C3)[C@H](O)[C@@H]1O. The van der Waals surface area contributed by atoms with Crippen molar-refractivity contribution in [2.75, 3.05) is 5.43 Å². The monoisotopic (exact) mass is 443 g/mol. The summed E-state index contributed by atoms with van der Waals surface area (Å²) in [6, 6.07) is 18.3. The van der Waals surface area contributed by atoms with Crippen LogP contribution in [0, 0.1) is 0 Å². The lowest BCUT2D eigenvalue weighted by Gasteiger charge is -2.26. The molecular formula is C25H25N5O3. The fourth-order valence-corrected chi connectivity index (χ4v) is 4.67. The first-order chi connectivity index (χ1) is 16.1. The Bertz CT molecular complexity index is 1330. The molecule has 1 saturated heterocycles. The summed E-state index contributed by atoms with van der Waals surface area (Å²) in [6.07, 6.45) is 2.50. The van der Waals surface area contributed by atoms with E-state index < -0.39 is 24.5 Å². The largest absolute Gasteiger partial charge is 0.388 e. The normalized spacial score (nSPS) is 24.4. The number of nitrogens with one attached hydrogen (secondary N) is 2. The van der Waals surface area contributed by atoms with E-state index in [1.54, 1.807) is 13.3 Å². The van der Waals surface area contributed by atoms with Gasteiger partial charge in [-0.05, 0) is 36.8 Å². The highest BCUT2D eigenvalue weighted by atomic mass is 16.6. The Hall–Kier alpha value is -3.59. The quantitative estimate of drug-likeness (QED) is 0.385. The second-order valence-corrected chi connectivity index (χ2v) is 8.60. The molecule has 33 heavy (non-hydrogen) atoms. The molecule has 0 unspecified atom stereocenters. The average molecular weight is 444 g/mol. The number of hydrogen-bond donors (Lipinski definition) is 4. The van der Waals surface area contributed by atoms with Crippen molar-refractivity contribution in [1.29, 1.82) is 0 Å². The van der Waals surface area contributed by atoms with Crippen LogP contribution < -0.4 is 5.43 Å². The molecule has 2 aromatic carbocycles. The topological polar surface area (TPSA) is 98.0 Å². The maximum absolute atomic E-state index is 10.6. The molecule has 4 heterocycles. The van der Waals surface area contributed by atoms with Crippen molar-refractivity contribution in [2.45, 2.75) is 38.0 Å². The summed E-state index contributed by atoms with van der Waals surface area (Å²) >= 11 is 0. The highest BCUT2D eigenvalue weighted by molar-refractivity contribution is 5.83. The minimum absolute atomic E-state index is 0.461. The van der Waals surface area contributed by atoms with E-state index in [4.69, 9.17) is 9.73 Å². The first-order valence-corrected chi connectivity index (χ1v) is 11.0. The van der Waals surface area contributed by atoms with Crippen LogP contribution in [0.2, 0.25) is 0 Å². The van der Waals surface area contributed by atoms with E-state index in [1.165, 1.54) is 0 Å². The van der Waals surface area contributed by atoms with E-state index in [0.29, 0.717) is 6.54 Å². The van der Waals surface area contributed by atoms with Crippen molar-refractivity contribution in [3.63, 3.8) is 0 Å². The molecule has 0 spiro atoms. The number of aliphatic hydroxyl groups excluding tert-OH is 2. The van der Waals surface area contributed by atoms with E-state index >= 15 is 0 Å². The number of fused-ring (bicyclic) bond motifs is 2. The van der Waals surface area contributed by atoms with Gasteiger partial charge in [0.2, 0.25) is 0 Å². The van der Waals surface area contributed by atoms with Gasteiger partial charge in [0, 0.05) is 34.4 Å². The zero-order chi connectivity index (χ0) is 22.5. The minimum Gasteiger partial charge on any atom is -0.388 e. The molecule has 4 aromatic rings. The van der Waals surface area contributed by atoms with Crippen molar-refractivity contribution in [2.24, 2.45) is 4.99 Å². The second-order valence-electron chi connectivity index (χ2n) is 8.60. The molecular weight excluding hydrogens is 418 g/mol. The van der Waals surface area contributed by atoms with Gasteiger partial charge in [-0.25, -0.2) is 4.99 Å². The zero-order valence-electron chi connectivity index (χ0n) is 18.1. The number of H-pyrrole nitrogens is 1. The maximum Gasteiger partial charge on any atom is 0.164 e. The van der Waals surface area contributed by atoms with Crippen molar-refractivity contribution in [3.05, 3.63) is 72.6 Å². The molecule has 4 atom stereocenters. The molecule has 8 heteroatoms. The zero-order valence-corrected chi connectivity index (χ0v) is 18.1. The van der Waals surface area contributed by atoms with Crippen LogP contribution in [0.3, 0.4) is 0 Å². The number of rotatable bonds is 4. The Labute approximate surface area is 190 Å². The molecule has 0 saturated carbocycles. The third-order valence-corrected chi connectivity index (χ3v) is 6.42. The average Bonchev–Trinajstić information content (AvgIpc) is 3.52. The number of hydrogen-bond acceptors (Lipinski definition) is 6. The molecule has 2 aliphatic rings. The van der Waals surface area contributed by atoms with Crippen LogP contribution in [0.1, 0.15) is 18.7 Å². The number of nitrogens with zero attached hydrogens (tertiary/aromatic N) is 3. The van der Waals surface area contributed by atoms with Crippen LogP contribution in [0.25, 0.3) is 22.0 Å².